The van der Waals surface area contributed by atoms with E-state index in [0.717, 1.165) is 28.9 Å². The van der Waals surface area contributed by atoms with Crippen LogP contribution in [-0.2, 0) is 0 Å². The van der Waals surface area contributed by atoms with Crippen LogP contribution in [0.1, 0.15) is 23.1 Å². The maximum absolute atomic E-state index is 5.39. The van der Waals surface area contributed by atoms with Crippen LogP contribution >= 0.6 is 0 Å². The van der Waals surface area contributed by atoms with Crippen molar-refractivity contribution in [3.8, 4) is 17.6 Å². The van der Waals surface area contributed by atoms with E-state index in [-0.39, 0.29) is 0 Å². The molecule has 0 saturated carbocycles. The first-order valence-corrected chi connectivity index (χ1v) is 5.03. The fourth-order valence-electron chi connectivity index (χ4n) is 1.46. The molecule has 0 unspecified atom stereocenters. The van der Waals surface area contributed by atoms with Gasteiger partial charge in [0.2, 0.25) is 0 Å². The average molecular weight is 203 g/mol. The first kappa shape index (κ1) is 11.6. The number of rotatable bonds is 2. The Hall–Kier alpha value is -1.46. The van der Waals surface area contributed by atoms with E-state index < -0.39 is 0 Å². The molecule has 2 N–H and O–H groups in total. The maximum Gasteiger partial charge on any atom is 0.119 e. The lowest BCUT2D eigenvalue weighted by molar-refractivity contribution is 0.414. The van der Waals surface area contributed by atoms with Crippen molar-refractivity contribution in [2.24, 2.45) is 5.73 Å². The lowest BCUT2D eigenvalue weighted by Crippen LogP contribution is -1.96. The summed E-state index contributed by atoms with van der Waals surface area (Å²) >= 11 is 0. The van der Waals surface area contributed by atoms with E-state index in [2.05, 4.69) is 11.8 Å². The standard InChI is InChI=1S/C13H17NO/c1-10-8-12(15-3)9-11(2)13(10)6-4-5-7-14/h8-9H,5,7,14H2,1-3H3. The fourth-order valence-corrected chi connectivity index (χ4v) is 1.46. The molecule has 0 aliphatic carbocycles. The summed E-state index contributed by atoms with van der Waals surface area (Å²) < 4.78 is 5.19. The van der Waals surface area contributed by atoms with Crippen molar-refractivity contribution < 1.29 is 4.74 Å². The smallest absolute Gasteiger partial charge is 0.119 e. The lowest BCUT2D eigenvalue weighted by atomic mass is 10.0. The van der Waals surface area contributed by atoms with E-state index in [1.54, 1.807) is 7.11 Å². The van der Waals surface area contributed by atoms with Gasteiger partial charge in [-0.25, -0.2) is 0 Å². The highest BCUT2D eigenvalue weighted by molar-refractivity contribution is 5.50. The highest BCUT2D eigenvalue weighted by atomic mass is 16.5. The third-order valence-corrected chi connectivity index (χ3v) is 2.22. The molecular weight excluding hydrogens is 186 g/mol. The monoisotopic (exact) mass is 203 g/mol. The Morgan fingerprint density at radius 3 is 2.33 bits per heavy atom. The Kier molecular flexibility index (Phi) is 4.20. The van der Waals surface area contributed by atoms with Crippen molar-refractivity contribution in [2.75, 3.05) is 13.7 Å². The molecular formula is C13H17NO. The summed E-state index contributed by atoms with van der Waals surface area (Å²) in [4.78, 5) is 0. The van der Waals surface area contributed by atoms with Gasteiger partial charge in [0.1, 0.15) is 5.75 Å². The zero-order valence-electron chi connectivity index (χ0n) is 9.55. The van der Waals surface area contributed by atoms with Crippen molar-refractivity contribution >= 4 is 0 Å². The van der Waals surface area contributed by atoms with Crippen molar-refractivity contribution in [2.45, 2.75) is 20.3 Å². The summed E-state index contributed by atoms with van der Waals surface area (Å²) in [5, 5.41) is 0. The maximum atomic E-state index is 5.39. The van der Waals surface area contributed by atoms with E-state index in [0.29, 0.717) is 6.54 Å². The van der Waals surface area contributed by atoms with Gasteiger partial charge in [0, 0.05) is 18.5 Å². The van der Waals surface area contributed by atoms with E-state index in [9.17, 15) is 0 Å². The SMILES string of the molecule is COc1cc(C)c(C#CCCN)c(C)c1. The second-order valence-electron chi connectivity index (χ2n) is 3.48. The summed E-state index contributed by atoms with van der Waals surface area (Å²) in [5.74, 6) is 7.09. The predicted octanol–water partition coefficient (Wildman–Crippen LogP) is 2.01. The molecule has 2 heteroatoms. The molecule has 0 amide bonds. The molecule has 0 atom stereocenters. The van der Waals surface area contributed by atoms with Gasteiger partial charge in [-0.1, -0.05) is 11.8 Å². The van der Waals surface area contributed by atoms with Crippen LogP contribution in [0.5, 0.6) is 5.75 Å². The van der Waals surface area contributed by atoms with Crippen molar-refractivity contribution in [1.29, 1.82) is 0 Å². The molecule has 1 rings (SSSR count). The van der Waals surface area contributed by atoms with Crippen LogP contribution in [-0.4, -0.2) is 13.7 Å². The molecule has 0 aromatic heterocycles. The summed E-state index contributed by atoms with van der Waals surface area (Å²) in [7, 11) is 1.67. The van der Waals surface area contributed by atoms with Crippen LogP contribution in [0.2, 0.25) is 0 Å². The van der Waals surface area contributed by atoms with E-state index in [4.69, 9.17) is 10.5 Å². The zero-order valence-corrected chi connectivity index (χ0v) is 9.55. The van der Waals surface area contributed by atoms with Crippen LogP contribution in [0.15, 0.2) is 12.1 Å². The lowest BCUT2D eigenvalue weighted by Gasteiger charge is -2.06. The minimum absolute atomic E-state index is 0.612. The van der Waals surface area contributed by atoms with Gasteiger partial charge in [-0.2, -0.15) is 0 Å². The van der Waals surface area contributed by atoms with Crippen molar-refractivity contribution in [3.05, 3.63) is 28.8 Å². The third kappa shape index (κ3) is 3.00. The molecule has 15 heavy (non-hydrogen) atoms. The van der Waals surface area contributed by atoms with Crippen LogP contribution < -0.4 is 10.5 Å². The average Bonchev–Trinajstić information content (AvgIpc) is 2.22. The zero-order chi connectivity index (χ0) is 11.3. The molecule has 0 fully saturated rings. The minimum Gasteiger partial charge on any atom is -0.497 e. The Morgan fingerprint density at radius 2 is 1.87 bits per heavy atom. The third-order valence-electron chi connectivity index (χ3n) is 2.22. The Labute approximate surface area is 91.4 Å². The number of nitrogens with two attached hydrogens (primary N) is 1. The molecule has 0 heterocycles. The Bertz CT molecular complexity index is 376. The predicted molar refractivity (Wildman–Crippen MR) is 63.0 cm³/mol. The summed E-state index contributed by atoms with van der Waals surface area (Å²) in [5.41, 5.74) is 8.78. The van der Waals surface area contributed by atoms with Crippen LogP contribution in [0.3, 0.4) is 0 Å². The highest BCUT2D eigenvalue weighted by Gasteiger charge is 2.02. The number of hydrogen-bond acceptors (Lipinski definition) is 2. The summed E-state index contributed by atoms with van der Waals surface area (Å²) in [6.45, 7) is 4.70. The normalized spacial score (nSPS) is 9.33. The Balaban J connectivity index is 3.05. The minimum atomic E-state index is 0.612. The molecule has 0 saturated heterocycles. The first-order valence-electron chi connectivity index (χ1n) is 5.03. The van der Waals surface area contributed by atoms with Gasteiger partial charge in [-0.05, 0) is 37.1 Å². The van der Waals surface area contributed by atoms with Gasteiger partial charge < -0.3 is 10.5 Å². The molecule has 0 aliphatic heterocycles. The number of aryl methyl sites for hydroxylation is 2. The molecule has 0 radical (unpaired) electrons. The quantitative estimate of drug-likeness (QED) is 0.746. The number of benzene rings is 1. The van der Waals surface area contributed by atoms with Gasteiger partial charge in [0.15, 0.2) is 0 Å². The van der Waals surface area contributed by atoms with Gasteiger partial charge in [-0.3, -0.25) is 0 Å². The van der Waals surface area contributed by atoms with E-state index in [1.807, 2.05) is 26.0 Å². The van der Waals surface area contributed by atoms with Crippen molar-refractivity contribution in [1.82, 2.24) is 0 Å². The summed E-state index contributed by atoms with van der Waals surface area (Å²) in [6.07, 6.45) is 0.741. The van der Waals surface area contributed by atoms with Crippen LogP contribution in [0.4, 0.5) is 0 Å². The van der Waals surface area contributed by atoms with Gasteiger partial charge in [0.05, 0.1) is 7.11 Å². The van der Waals surface area contributed by atoms with Gasteiger partial charge in [-0.15, -0.1) is 0 Å². The largest absolute Gasteiger partial charge is 0.497 e. The topological polar surface area (TPSA) is 35.2 Å². The molecule has 0 aliphatic rings. The van der Waals surface area contributed by atoms with Gasteiger partial charge >= 0.3 is 0 Å². The van der Waals surface area contributed by atoms with Crippen LogP contribution in [0.25, 0.3) is 0 Å². The second kappa shape index (κ2) is 5.43. The fraction of sp³-hybridized carbons (Fsp3) is 0.385. The number of hydrogen-bond donors (Lipinski definition) is 1. The van der Waals surface area contributed by atoms with E-state index in [1.165, 1.54) is 0 Å². The van der Waals surface area contributed by atoms with Gasteiger partial charge in [0.25, 0.3) is 0 Å². The van der Waals surface area contributed by atoms with Crippen molar-refractivity contribution in [3.63, 3.8) is 0 Å². The first-order chi connectivity index (χ1) is 7.19. The molecule has 1 aromatic rings. The Morgan fingerprint density at radius 1 is 1.27 bits per heavy atom. The summed E-state index contributed by atoms with van der Waals surface area (Å²) in [6, 6.07) is 4.00. The second-order valence-corrected chi connectivity index (χ2v) is 3.48. The number of ether oxygens (including phenoxy) is 1. The molecule has 0 spiro atoms. The van der Waals surface area contributed by atoms with Crippen LogP contribution in [0, 0.1) is 25.7 Å². The molecule has 80 valence electrons. The highest BCUT2D eigenvalue weighted by Crippen LogP contribution is 2.20. The number of methoxy groups -OCH3 is 1. The van der Waals surface area contributed by atoms with E-state index >= 15 is 0 Å². The molecule has 1 aromatic carbocycles. The molecule has 0 bridgehead atoms. The molecule has 2 nitrogen and oxygen atoms in total.